The maximum Gasteiger partial charge on any atom is 0.337 e. The van der Waals surface area contributed by atoms with Gasteiger partial charge >= 0.3 is 5.69 Å². The number of rotatable bonds is 7. The summed E-state index contributed by atoms with van der Waals surface area (Å²) in [5.74, 6) is -1.69. The first-order valence-corrected chi connectivity index (χ1v) is 14.1. The van der Waals surface area contributed by atoms with Crippen molar-refractivity contribution in [2.24, 2.45) is 18.9 Å². The van der Waals surface area contributed by atoms with Gasteiger partial charge in [-0.25, -0.2) is 13.6 Å². The molecule has 0 bridgehead atoms. The predicted molar refractivity (Wildman–Crippen MR) is 148 cm³/mol. The molecule has 40 heavy (non-hydrogen) atoms. The number of likely N-dealkylation sites (tertiary alicyclic amines) is 1. The Morgan fingerprint density at radius 3 is 2.67 bits per heavy atom. The number of pyridine rings is 1. The van der Waals surface area contributed by atoms with Gasteiger partial charge in [0, 0.05) is 50.9 Å². The minimum atomic E-state index is -3.11. The second kappa shape index (κ2) is 10.2. The maximum absolute atomic E-state index is 14.9. The van der Waals surface area contributed by atoms with E-state index >= 15 is 0 Å². The summed E-state index contributed by atoms with van der Waals surface area (Å²) in [5.41, 5.74) is 1.90. The van der Waals surface area contributed by atoms with Gasteiger partial charge in [-0.05, 0) is 73.4 Å². The van der Waals surface area contributed by atoms with Crippen LogP contribution in [0, 0.1) is 11.8 Å². The predicted octanol–water partition coefficient (Wildman–Crippen LogP) is 4.47. The SMILES string of the molecule is C[C@H]1CCCN(Cc2cc(C(C)(F)F)c3cn(-c4cccc([C@H](c5nncn5C)C5CC(O)C5)c4)c(=O)n3c2)C1. The fourth-order valence-corrected chi connectivity index (χ4v) is 6.53. The van der Waals surface area contributed by atoms with E-state index < -0.39 is 5.92 Å². The highest BCUT2D eigenvalue weighted by Crippen LogP contribution is 2.43. The molecule has 1 N–H and O–H groups in total. The van der Waals surface area contributed by atoms with Gasteiger partial charge in [-0.15, -0.1) is 10.2 Å². The molecule has 0 unspecified atom stereocenters. The quantitative estimate of drug-likeness (QED) is 0.368. The molecule has 3 aromatic heterocycles. The Morgan fingerprint density at radius 2 is 2.00 bits per heavy atom. The summed E-state index contributed by atoms with van der Waals surface area (Å²) < 4.78 is 34.5. The Kier molecular flexibility index (Phi) is 6.86. The first kappa shape index (κ1) is 26.8. The lowest BCUT2D eigenvalue weighted by atomic mass is 9.71. The number of imidazole rings is 1. The van der Waals surface area contributed by atoms with E-state index in [1.54, 1.807) is 18.6 Å². The van der Waals surface area contributed by atoms with Crippen LogP contribution in [0.5, 0.6) is 0 Å². The Morgan fingerprint density at radius 1 is 1.20 bits per heavy atom. The summed E-state index contributed by atoms with van der Waals surface area (Å²) >= 11 is 0. The smallest absolute Gasteiger partial charge is 0.337 e. The third kappa shape index (κ3) is 4.99. The number of fused-ring (bicyclic) bond motifs is 1. The Balaban J connectivity index is 1.42. The Hall–Kier alpha value is -3.37. The van der Waals surface area contributed by atoms with Crippen molar-refractivity contribution in [3.8, 4) is 5.69 Å². The number of aliphatic hydroxyl groups excluding tert-OH is 1. The van der Waals surface area contributed by atoms with Crippen molar-refractivity contribution in [2.75, 3.05) is 13.1 Å². The number of nitrogens with zero attached hydrogens (tertiary/aromatic N) is 6. The molecule has 2 fully saturated rings. The average molecular weight is 551 g/mol. The highest BCUT2D eigenvalue weighted by Gasteiger charge is 2.38. The molecule has 6 rings (SSSR count). The lowest BCUT2D eigenvalue weighted by Crippen LogP contribution is -2.34. The van der Waals surface area contributed by atoms with E-state index in [9.17, 15) is 18.7 Å². The second-order valence-electron chi connectivity index (χ2n) is 11.9. The third-order valence-electron chi connectivity index (χ3n) is 8.60. The van der Waals surface area contributed by atoms with Gasteiger partial charge in [0.05, 0.1) is 17.3 Å². The number of hydrogen-bond acceptors (Lipinski definition) is 5. The first-order chi connectivity index (χ1) is 19.1. The zero-order valence-corrected chi connectivity index (χ0v) is 23.2. The van der Waals surface area contributed by atoms with Crippen LogP contribution in [0.4, 0.5) is 8.78 Å². The van der Waals surface area contributed by atoms with Crippen LogP contribution >= 0.6 is 0 Å². The molecular formula is C30H36F2N6O2. The summed E-state index contributed by atoms with van der Waals surface area (Å²) in [6.45, 7) is 5.47. The summed E-state index contributed by atoms with van der Waals surface area (Å²) in [6, 6.07) is 9.15. The monoisotopic (exact) mass is 550 g/mol. The van der Waals surface area contributed by atoms with Crippen molar-refractivity contribution in [2.45, 2.75) is 64.0 Å². The van der Waals surface area contributed by atoms with Crippen LogP contribution in [-0.2, 0) is 19.5 Å². The molecule has 0 amide bonds. The third-order valence-corrected chi connectivity index (χ3v) is 8.60. The van der Waals surface area contributed by atoms with Crippen LogP contribution < -0.4 is 5.69 Å². The van der Waals surface area contributed by atoms with Crippen LogP contribution in [0.3, 0.4) is 0 Å². The maximum atomic E-state index is 14.9. The number of alkyl halides is 2. The molecule has 0 spiro atoms. The zero-order valence-electron chi connectivity index (χ0n) is 23.2. The van der Waals surface area contributed by atoms with Crippen LogP contribution in [-0.4, -0.2) is 52.9 Å². The summed E-state index contributed by atoms with van der Waals surface area (Å²) in [6.07, 6.45) is 8.13. The van der Waals surface area contributed by atoms with Crippen molar-refractivity contribution < 1.29 is 13.9 Å². The fourth-order valence-electron chi connectivity index (χ4n) is 6.53. The molecule has 1 saturated carbocycles. The second-order valence-corrected chi connectivity index (χ2v) is 11.9. The molecule has 2 atom stereocenters. The van der Waals surface area contributed by atoms with Crippen molar-refractivity contribution in [1.29, 1.82) is 0 Å². The van der Waals surface area contributed by atoms with Crippen molar-refractivity contribution >= 4 is 5.52 Å². The lowest BCUT2D eigenvalue weighted by Gasteiger charge is -2.37. The number of piperidine rings is 1. The number of aryl methyl sites for hydroxylation is 1. The molecule has 10 heteroatoms. The van der Waals surface area contributed by atoms with Gasteiger partial charge in [0.2, 0.25) is 0 Å². The average Bonchev–Trinajstić information content (AvgIpc) is 3.45. The van der Waals surface area contributed by atoms with Crippen molar-refractivity contribution in [3.63, 3.8) is 0 Å². The summed E-state index contributed by atoms with van der Waals surface area (Å²) in [5, 5.41) is 18.4. The van der Waals surface area contributed by atoms with Gasteiger partial charge < -0.3 is 9.67 Å². The molecule has 1 aromatic carbocycles. The van der Waals surface area contributed by atoms with Crippen molar-refractivity contribution in [1.82, 2.24) is 28.6 Å². The Bertz CT molecular complexity index is 1580. The van der Waals surface area contributed by atoms with Gasteiger partial charge in [0.1, 0.15) is 12.2 Å². The van der Waals surface area contributed by atoms with E-state index in [1.807, 2.05) is 35.9 Å². The van der Waals surface area contributed by atoms with E-state index in [1.165, 1.54) is 21.6 Å². The number of aliphatic hydroxyl groups is 1. The summed E-state index contributed by atoms with van der Waals surface area (Å²) in [7, 11) is 1.89. The van der Waals surface area contributed by atoms with Gasteiger partial charge in [-0.2, -0.15) is 0 Å². The molecule has 1 aliphatic heterocycles. The van der Waals surface area contributed by atoms with Gasteiger partial charge in [-0.1, -0.05) is 19.1 Å². The van der Waals surface area contributed by atoms with Crippen LogP contribution in [0.15, 0.2) is 53.8 Å². The molecule has 2 aliphatic rings. The highest BCUT2D eigenvalue weighted by atomic mass is 19.3. The number of hydrogen-bond donors (Lipinski definition) is 1. The largest absolute Gasteiger partial charge is 0.393 e. The fraction of sp³-hybridized carbons (Fsp3) is 0.500. The molecule has 0 radical (unpaired) electrons. The standard InChI is InChI=1S/C30H36F2N6O2/c1-19-6-5-9-36(14-19)15-20-10-25(30(2,31)32)26-17-37(29(40)38(26)16-20)23-8-4-7-21(11-23)27(22-12-24(39)13-22)28-34-33-18-35(28)3/h4,7-8,10-11,16-19,22,24,27,39H,5-6,9,12-15H2,1-3H3/t19-,22?,24?,27-/m0/s1. The van der Waals surface area contributed by atoms with Crippen LogP contribution in [0.2, 0.25) is 0 Å². The van der Waals surface area contributed by atoms with Crippen LogP contribution in [0.25, 0.3) is 11.2 Å². The van der Waals surface area contributed by atoms with Gasteiger partial charge in [0.15, 0.2) is 0 Å². The van der Waals surface area contributed by atoms with Gasteiger partial charge in [-0.3, -0.25) is 13.9 Å². The first-order valence-electron chi connectivity index (χ1n) is 14.1. The molecule has 8 nitrogen and oxygen atoms in total. The van der Waals surface area contributed by atoms with Gasteiger partial charge in [0.25, 0.3) is 5.92 Å². The topological polar surface area (TPSA) is 80.6 Å². The molecule has 1 saturated heterocycles. The van der Waals surface area contributed by atoms with E-state index in [2.05, 4.69) is 22.0 Å². The van der Waals surface area contributed by atoms with E-state index in [0.29, 0.717) is 36.6 Å². The molecular weight excluding hydrogens is 514 g/mol. The summed E-state index contributed by atoms with van der Waals surface area (Å²) in [4.78, 5) is 16.0. The molecule has 4 aromatic rings. The molecule has 4 heterocycles. The minimum Gasteiger partial charge on any atom is -0.393 e. The number of aromatic nitrogens is 5. The van der Waals surface area contributed by atoms with E-state index in [4.69, 9.17) is 0 Å². The lowest BCUT2D eigenvalue weighted by molar-refractivity contribution is 0.0185. The number of benzene rings is 1. The van der Waals surface area contributed by atoms with E-state index in [-0.39, 0.29) is 34.7 Å². The number of halogens is 2. The minimum absolute atomic E-state index is 0.113. The zero-order chi connectivity index (χ0) is 28.2. The normalized spacial score (nSPS) is 22.9. The van der Waals surface area contributed by atoms with Crippen LogP contribution in [0.1, 0.15) is 68.0 Å². The highest BCUT2D eigenvalue weighted by molar-refractivity contribution is 5.58. The van der Waals surface area contributed by atoms with E-state index in [0.717, 1.165) is 37.8 Å². The van der Waals surface area contributed by atoms with Crippen molar-refractivity contribution in [3.05, 3.63) is 82.1 Å². The molecule has 212 valence electrons. The molecule has 1 aliphatic carbocycles. The Labute approximate surface area is 231 Å².